The summed E-state index contributed by atoms with van der Waals surface area (Å²) in [5.41, 5.74) is 1.61. The van der Waals surface area contributed by atoms with Gasteiger partial charge in [-0.15, -0.1) is 0 Å². The number of hydrogen-bond acceptors (Lipinski definition) is 5. The number of phenolic OH excluding ortho intramolecular Hbond substituents is 2. The van der Waals surface area contributed by atoms with Crippen LogP contribution in [0.15, 0.2) is 42.0 Å². The largest absolute Gasteiger partial charge is 0.507 e. The van der Waals surface area contributed by atoms with Crippen LogP contribution < -0.4 is 4.74 Å². The predicted molar refractivity (Wildman–Crippen MR) is 97.1 cm³/mol. The van der Waals surface area contributed by atoms with E-state index in [1.807, 2.05) is 19.9 Å². The number of Topliss-reactive ketones (excluding diaryl/α,β-unsaturated/α-hetero) is 2. The molecule has 1 heterocycles. The van der Waals surface area contributed by atoms with E-state index in [0.717, 1.165) is 11.6 Å². The van der Waals surface area contributed by atoms with E-state index in [9.17, 15) is 19.8 Å². The second-order valence-electron chi connectivity index (χ2n) is 6.33. The number of phenols is 2. The van der Waals surface area contributed by atoms with Crippen LogP contribution in [0.1, 0.15) is 41.4 Å². The fourth-order valence-corrected chi connectivity index (χ4v) is 2.92. The molecule has 26 heavy (non-hydrogen) atoms. The average molecular weight is 373 g/mol. The summed E-state index contributed by atoms with van der Waals surface area (Å²) in [6.07, 6.45) is 0.999. The summed E-state index contributed by atoms with van der Waals surface area (Å²) in [6.45, 7) is 3.80. The van der Waals surface area contributed by atoms with E-state index in [1.54, 1.807) is 24.3 Å². The van der Waals surface area contributed by atoms with E-state index >= 15 is 0 Å². The highest BCUT2D eigenvalue weighted by Gasteiger charge is 2.40. The number of ketones is 2. The molecule has 0 aliphatic carbocycles. The van der Waals surface area contributed by atoms with Crippen LogP contribution in [0, 0.1) is 0 Å². The Balaban J connectivity index is 2.14. The van der Waals surface area contributed by atoms with Gasteiger partial charge in [-0.25, -0.2) is 0 Å². The highest BCUT2D eigenvalue weighted by molar-refractivity contribution is 6.47. The van der Waals surface area contributed by atoms with Crippen LogP contribution in [-0.2, 0) is 11.2 Å². The number of hydrogen-bond donors (Lipinski definition) is 2. The molecule has 3 rings (SSSR count). The third kappa shape index (κ3) is 3.18. The summed E-state index contributed by atoms with van der Waals surface area (Å²) < 4.78 is 5.80. The van der Waals surface area contributed by atoms with Crippen molar-refractivity contribution < 1.29 is 24.5 Å². The van der Waals surface area contributed by atoms with Crippen molar-refractivity contribution in [2.24, 2.45) is 0 Å². The molecule has 1 unspecified atom stereocenters. The van der Waals surface area contributed by atoms with Gasteiger partial charge in [-0.1, -0.05) is 35.4 Å². The van der Waals surface area contributed by atoms with Gasteiger partial charge >= 0.3 is 0 Å². The van der Waals surface area contributed by atoms with E-state index in [1.165, 1.54) is 0 Å². The zero-order chi connectivity index (χ0) is 19.0. The lowest BCUT2D eigenvalue weighted by Gasteiger charge is -2.27. The van der Waals surface area contributed by atoms with Crippen molar-refractivity contribution in [2.75, 3.05) is 0 Å². The molecule has 6 heteroatoms. The van der Waals surface area contributed by atoms with Crippen molar-refractivity contribution >= 4 is 23.2 Å². The Kier molecular flexibility index (Phi) is 4.74. The SMILES string of the molecule is CC(C)=CCc1c(O)cc(O)c2c1OC(c1ccc(Cl)cc1)C(=O)C2=O. The number of aromatic hydroxyl groups is 2. The molecule has 0 amide bonds. The van der Waals surface area contributed by atoms with Gasteiger partial charge in [0, 0.05) is 22.2 Å². The highest BCUT2D eigenvalue weighted by Crippen LogP contribution is 2.44. The normalized spacial score (nSPS) is 16.0. The number of benzene rings is 2. The molecule has 1 aliphatic heterocycles. The Hall–Kier alpha value is -2.79. The summed E-state index contributed by atoms with van der Waals surface area (Å²) in [7, 11) is 0. The first-order valence-electron chi connectivity index (χ1n) is 8.01. The summed E-state index contributed by atoms with van der Waals surface area (Å²) in [5, 5.41) is 20.8. The van der Waals surface area contributed by atoms with E-state index in [-0.39, 0.29) is 17.1 Å². The van der Waals surface area contributed by atoms with Crippen LogP contribution in [-0.4, -0.2) is 21.8 Å². The zero-order valence-electron chi connectivity index (χ0n) is 14.2. The lowest BCUT2D eigenvalue weighted by molar-refractivity contribution is -0.122. The van der Waals surface area contributed by atoms with Crippen LogP contribution in [0.2, 0.25) is 5.02 Å². The molecule has 0 fully saturated rings. The molecule has 0 bridgehead atoms. The molecule has 0 spiro atoms. The second kappa shape index (κ2) is 6.84. The molecule has 2 N–H and O–H groups in total. The minimum atomic E-state index is -1.15. The molecule has 0 radical (unpaired) electrons. The van der Waals surface area contributed by atoms with Crippen LogP contribution in [0.3, 0.4) is 0 Å². The van der Waals surface area contributed by atoms with Gasteiger partial charge in [-0.3, -0.25) is 9.59 Å². The maximum Gasteiger partial charge on any atom is 0.248 e. The molecule has 5 nitrogen and oxygen atoms in total. The van der Waals surface area contributed by atoms with Crippen LogP contribution >= 0.6 is 11.6 Å². The Labute approximate surface area is 155 Å². The van der Waals surface area contributed by atoms with Crippen LogP contribution in [0.4, 0.5) is 0 Å². The average Bonchev–Trinajstić information content (AvgIpc) is 2.57. The van der Waals surface area contributed by atoms with Gasteiger partial charge in [0.1, 0.15) is 22.8 Å². The highest BCUT2D eigenvalue weighted by atomic mass is 35.5. The fourth-order valence-electron chi connectivity index (χ4n) is 2.80. The molecule has 134 valence electrons. The number of carbonyl (C=O) groups excluding carboxylic acids is 2. The summed E-state index contributed by atoms with van der Waals surface area (Å²) in [5.74, 6) is -2.28. The van der Waals surface area contributed by atoms with E-state index in [4.69, 9.17) is 16.3 Å². The zero-order valence-corrected chi connectivity index (χ0v) is 15.0. The number of carbonyl (C=O) groups is 2. The van der Waals surface area contributed by atoms with E-state index in [0.29, 0.717) is 22.6 Å². The van der Waals surface area contributed by atoms with Gasteiger partial charge in [0.2, 0.25) is 11.6 Å². The minimum absolute atomic E-state index is 0.0320. The molecule has 1 aliphatic rings. The van der Waals surface area contributed by atoms with Crippen molar-refractivity contribution in [1.29, 1.82) is 0 Å². The Morgan fingerprint density at radius 3 is 2.42 bits per heavy atom. The summed E-state index contributed by atoms with van der Waals surface area (Å²) in [4.78, 5) is 25.1. The van der Waals surface area contributed by atoms with Crippen molar-refractivity contribution in [3.05, 3.63) is 63.7 Å². The third-order valence-corrected chi connectivity index (χ3v) is 4.40. The number of rotatable bonds is 3. The van der Waals surface area contributed by atoms with Gasteiger partial charge in [-0.2, -0.15) is 0 Å². The molecule has 2 aromatic carbocycles. The Morgan fingerprint density at radius 2 is 1.81 bits per heavy atom. The smallest absolute Gasteiger partial charge is 0.248 e. The van der Waals surface area contributed by atoms with Gasteiger partial charge in [0.15, 0.2) is 6.10 Å². The number of allylic oxidation sites excluding steroid dienone is 2. The Morgan fingerprint density at radius 1 is 1.15 bits per heavy atom. The van der Waals surface area contributed by atoms with Crippen LogP contribution in [0.25, 0.3) is 0 Å². The van der Waals surface area contributed by atoms with Crippen LogP contribution in [0.5, 0.6) is 17.2 Å². The van der Waals surface area contributed by atoms with E-state index < -0.39 is 23.4 Å². The lowest BCUT2D eigenvalue weighted by Crippen LogP contribution is -2.32. The number of fused-ring (bicyclic) bond motifs is 1. The fraction of sp³-hybridized carbons (Fsp3) is 0.200. The van der Waals surface area contributed by atoms with Crippen molar-refractivity contribution in [3.8, 4) is 17.2 Å². The first-order valence-corrected chi connectivity index (χ1v) is 8.39. The standard InChI is InChI=1S/C20H17ClO5/c1-10(2)3-8-13-14(22)9-15(23)16-17(24)18(25)19(26-20(13)16)11-4-6-12(21)7-5-11/h3-7,9,19,22-23H,8H2,1-2H3. The third-order valence-electron chi connectivity index (χ3n) is 4.15. The first kappa shape index (κ1) is 18.0. The second-order valence-corrected chi connectivity index (χ2v) is 6.76. The van der Waals surface area contributed by atoms with Crippen molar-refractivity contribution in [1.82, 2.24) is 0 Å². The molecule has 1 atom stereocenters. The van der Waals surface area contributed by atoms with Gasteiger partial charge < -0.3 is 14.9 Å². The molecule has 0 saturated heterocycles. The van der Waals surface area contributed by atoms with Gasteiger partial charge in [0.25, 0.3) is 0 Å². The summed E-state index contributed by atoms with van der Waals surface area (Å²) in [6, 6.07) is 7.45. The minimum Gasteiger partial charge on any atom is -0.507 e. The van der Waals surface area contributed by atoms with Gasteiger partial charge in [-0.05, 0) is 32.4 Å². The molecule has 0 aromatic heterocycles. The molecule has 0 saturated carbocycles. The number of ether oxygens (including phenoxy) is 1. The first-order chi connectivity index (χ1) is 12.3. The maximum absolute atomic E-state index is 12.6. The number of halogens is 1. The van der Waals surface area contributed by atoms with Gasteiger partial charge in [0.05, 0.1) is 0 Å². The quantitative estimate of drug-likeness (QED) is 0.624. The topological polar surface area (TPSA) is 83.8 Å². The molecular weight excluding hydrogens is 356 g/mol. The molecule has 2 aromatic rings. The van der Waals surface area contributed by atoms with E-state index in [2.05, 4.69) is 0 Å². The van der Waals surface area contributed by atoms with Crippen molar-refractivity contribution in [2.45, 2.75) is 26.4 Å². The molecular formula is C20H17ClO5. The lowest BCUT2D eigenvalue weighted by atomic mass is 9.91. The van der Waals surface area contributed by atoms with Crippen molar-refractivity contribution in [3.63, 3.8) is 0 Å². The Bertz CT molecular complexity index is 924. The maximum atomic E-state index is 12.6. The monoisotopic (exact) mass is 372 g/mol. The summed E-state index contributed by atoms with van der Waals surface area (Å²) >= 11 is 5.87. The predicted octanol–water partition coefficient (Wildman–Crippen LogP) is 4.15.